The molecule has 0 radical (unpaired) electrons. The number of para-hydroxylation sites is 1. The molecule has 0 unspecified atom stereocenters. The first-order chi connectivity index (χ1) is 11.7. The van der Waals surface area contributed by atoms with E-state index >= 15 is 0 Å². The first-order valence-electron chi connectivity index (χ1n) is 7.62. The number of carbonyl (C=O) groups excluding carboxylic acids is 2. The minimum Gasteiger partial charge on any atom is -0.352 e. The number of carbonyl (C=O) groups is 2. The number of benzene rings is 2. The highest BCUT2D eigenvalue weighted by atomic mass is 32.2. The van der Waals surface area contributed by atoms with Crippen molar-refractivity contribution in [3.05, 3.63) is 66.2 Å². The molecule has 0 bridgehead atoms. The number of rotatable bonds is 5. The van der Waals surface area contributed by atoms with E-state index in [0.717, 1.165) is 11.3 Å². The van der Waals surface area contributed by atoms with Gasteiger partial charge in [-0.3, -0.25) is 9.59 Å². The molecule has 2 aromatic carbocycles. The lowest BCUT2D eigenvalue weighted by molar-refractivity contribution is -0.125. The van der Waals surface area contributed by atoms with Crippen LogP contribution in [-0.2, 0) is 16.1 Å². The number of amides is 2. The van der Waals surface area contributed by atoms with Crippen LogP contribution in [0, 0.1) is 0 Å². The summed E-state index contributed by atoms with van der Waals surface area (Å²) in [4.78, 5) is 28.4. The SMILES string of the molecule is O=C(C[C@@H]1SC(=Nc2ccccc2)NC1=O)NCc1ccccc1. The maximum Gasteiger partial charge on any atom is 0.240 e. The number of thioether (sulfide) groups is 1. The molecule has 1 aliphatic heterocycles. The summed E-state index contributed by atoms with van der Waals surface area (Å²) in [5.74, 6) is -0.322. The van der Waals surface area contributed by atoms with Gasteiger partial charge in [0, 0.05) is 13.0 Å². The molecule has 3 rings (SSSR count). The lowest BCUT2D eigenvalue weighted by Gasteiger charge is -2.07. The fourth-order valence-electron chi connectivity index (χ4n) is 2.25. The van der Waals surface area contributed by atoms with Gasteiger partial charge < -0.3 is 10.6 Å². The van der Waals surface area contributed by atoms with Crippen molar-refractivity contribution in [2.75, 3.05) is 0 Å². The molecule has 6 heteroatoms. The molecule has 0 aromatic heterocycles. The van der Waals surface area contributed by atoms with Crippen molar-refractivity contribution >= 4 is 34.4 Å². The second-order valence-electron chi connectivity index (χ2n) is 5.31. The van der Waals surface area contributed by atoms with Crippen LogP contribution in [0.5, 0.6) is 0 Å². The van der Waals surface area contributed by atoms with Crippen LogP contribution in [-0.4, -0.2) is 22.2 Å². The Bertz CT molecular complexity index is 747. The monoisotopic (exact) mass is 339 g/mol. The van der Waals surface area contributed by atoms with Crippen molar-refractivity contribution < 1.29 is 9.59 Å². The van der Waals surface area contributed by atoms with E-state index in [4.69, 9.17) is 0 Å². The van der Waals surface area contributed by atoms with Crippen LogP contribution < -0.4 is 10.6 Å². The second-order valence-corrected chi connectivity index (χ2v) is 6.51. The van der Waals surface area contributed by atoms with Crippen molar-refractivity contribution in [2.45, 2.75) is 18.2 Å². The number of hydrogen-bond donors (Lipinski definition) is 2. The molecule has 0 saturated carbocycles. The van der Waals surface area contributed by atoms with Crippen molar-refractivity contribution in [2.24, 2.45) is 4.99 Å². The van der Waals surface area contributed by atoms with Gasteiger partial charge in [-0.1, -0.05) is 60.3 Å². The summed E-state index contributed by atoms with van der Waals surface area (Å²) in [5, 5.41) is 5.66. The molecule has 0 aliphatic carbocycles. The fourth-order valence-corrected chi connectivity index (χ4v) is 3.24. The molecule has 5 nitrogen and oxygen atoms in total. The van der Waals surface area contributed by atoms with Crippen LogP contribution in [0.1, 0.15) is 12.0 Å². The van der Waals surface area contributed by atoms with Crippen LogP contribution in [0.3, 0.4) is 0 Å². The van der Waals surface area contributed by atoms with Crippen molar-refractivity contribution in [1.29, 1.82) is 0 Å². The maximum atomic E-state index is 12.0. The minimum atomic E-state index is -0.441. The largest absolute Gasteiger partial charge is 0.352 e. The van der Waals surface area contributed by atoms with Gasteiger partial charge in [0.05, 0.1) is 5.69 Å². The van der Waals surface area contributed by atoms with E-state index in [0.29, 0.717) is 11.7 Å². The average Bonchev–Trinajstić information content (AvgIpc) is 2.94. The zero-order valence-corrected chi connectivity index (χ0v) is 13.8. The Morgan fingerprint density at radius 3 is 2.46 bits per heavy atom. The van der Waals surface area contributed by atoms with E-state index in [1.807, 2.05) is 60.7 Å². The van der Waals surface area contributed by atoms with E-state index < -0.39 is 5.25 Å². The van der Waals surface area contributed by atoms with E-state index in [1.54, 1.807) is 0 Å². The number of aliphatic imine (C=N–C) groups is 1. The number of amidine groups is 1. The molecule has 24 heavy (non-hydrogen) atoms. The van der Waals surface area contributed by atoms with Crippen LogP contribution in [0.25, 0.3) is 0 Å². The van der Waals surface area contributed by atoms with Gasteiger partial charge in [-0.05, 0) is 17.7 Å². The molecule has 2 N–H and O–H groups in total. The summed E-state index contributed by atoms with van der Waals surface area (Å²) >= 11 is 1.29. The highest BCUT2D eigenvalue weighted by molar-refractivity contribution is 8.15. The molecule has 122 valence electrons. The molecule has 1 heterocycles. The van der Waals surface area contributed by atoms with E-state index in [1.165, 1.54) is 11.8 Å². The first-order valence-corrected chi connectivity index (χ1v) is 8.50. The molecular formula is C18H17N3O2S. The normalized spacial score (nSPS) is 18.4. The summed E-state index contributed by atoms with van der Waals surface area (Å²) in [6.07, 6.45) is 0.136. The van der Waals surface area contributed by atoms with E-state index in [2.05, 4.69) is 15.6 Å². The smallest absolute Gasteiger partial charge is 0.240 e. The lowest BCUT2D eigenvalue weighted by atomic mass is 10.2. The van der Waals surface area contributed by atoms with Crippen molar-refractivity contribution in [1.82, 2.24) is 10.6 Å². The molecule has 1 atom stereocenters. The number of hydrogen-bond acceptors (Lipinski definition) is 4. The molecule has 0 spiro atoms. The van der Waals surface area contributed by atoms with E-state index in [9.17, 15) is 9.59 Å². The van der Waals surface area contributed by atoms with Crippen LogP contribution in [0.2, 0.25) is 0 Å². The van der Waals surface area contributed by atoms with Crippen LogP contribution >= 0.6 is 11.8 Å². The van der Waals surface area contributed by atoms with Crippen molar-refractivity contribution in [3.8, 4) is 0 Å². The third-order valence-corrected chi connectivity index (χ3v) is 4.55. The van der Waals surface area contributed by atoms with Gasteiger partial charge in [0.1, 0.15) is 5.25 Å². The Labute approximate surface area is 144 Å². The van der Waals surface area contributed by atoms with Crippen LogP contribution in [0.15, 0.2) is 65.7 Å². The summed E-state index contributed by atoms with van der Waals surface area (Å²) < 4.78 is 0. The van der Waals surface area contributed by atoms with Crippen LogP contribution in [0.4, 0.5) is 5.69 Å². The fraction of sp³-hybridized carbons (Fsp3) is 0.167. The highest BCUT2D eigenvalue weighted by Gasteiger charge is 2.31. The quantitative estimate of drug-likeness (QED) is 0.880. The number of nitrogens with zero attached hydrogens (tertiary/aromatic N) is 1. The molecule has 2 amide bonds. The van der Waals surface area contributed by atoms with Gasteiger partial charge in [-0.15, -0.1) is 0 Å². The molecular weight excluding hydrogens is 322 g/mol. The summed E-state index contributed by atoms with van der Waals surface area (Å²) in [5.41, 5.74) is 1.80. The van der Waals surface area contributed by atoms with Gasteiger partial charge in [0.25, 0.3) is 0 Å². The minimum absolute atomic E-state index is 0.136. The van der Waals surface area contributed by atoms with Gasteiger partial charge in [-0.25, -0.2) is 4.99 Å². The summed E-state index contributed by atoms with van der Waals surface area (Å²) in [6, 6.07) is 19.1. The summed E-state index contributed by atoms with van der Waals surface area (Å²) in [6.45, 7) is 0.462. The molecule has 1 aliphatic rings. The second kappa shape index (κ2) is 7.79. The molecule has 1 fully saturated rings. The highest BCUT2D eigenvalue weighted by Crippen LogP contribution is 2.24. The Morgan fingerprint density at radius 2 is 1.75 bits per heavy atom. The third-order valence-electron chi connectivity index (χ3n) is 3.47. The topological polar surface area (TPSA) is 70.6 Å². The van der Waals surface area contributed by atoms with Gasteiger partial charge in [0.2, 0.25) is 11.8 Å². The van der Waals surface area contributed by atoms with Gasteiger partial charge in [-0.2, -0.15) is 0 Å². The Hall–Kier alpha value is -2.60. The lowest BCUT2D eigenvalue weighted by Crippen LogP contribution is -2.31. The zero-order valence-electron chi connectivity index (χ0n) is 12.9. The summed E-state index contributed by atoms with van der Waals surface area (Å²) in [7, 11) is 0. The Kier molecular flexibility index (Phi) is 5.28. The van der Waals surface area contributed by atoms with E-state index in [-0.39, 0.29) is 18.2 Å². The molecule has 2 aromatic rings. The average molecular weight is 339 g/mol. The van der Waals surface area contributed by atoms with Gasteiger partial charge in [0.15, 0.2) is 5.17 Å². The molecule has 1 saturated heterocycles. The van der Waals surface area contributed by atoms with Crippen molar-refractivity contribution in [3.63, 3.8) is 0 Å². The third kappa shape index (κ3) is 4.45. The standard InChI is InChI=1S/C18H17N3O2S/c22-16(19-12-13-7-3-1-4-8-13)11-15-17(23)21-18(24-15)20-14-9-5-2-6-10-14/h1-10,15H,11-12H2,(H,19,22)(H,20,21,23)/t15-/m0/s1. The number of nitrogens with one attached hydrogen (secondary N) is 2. The first kappa shape index (κ1) is 16.3. The maximum absolute atomic E-state index is 12.0. The zero-order chi connectivity index (χ0) is 16.8. The Balaban J connectivity index is 1.53. The Morgan fingerprint density at radius 1 is 1.08 bits per heavy atom. The predicted molar refractivity (Wildman–Crippen MR) is 96.0 cm³/mol. The van der Waals surface area contributed by atoms with Gasteiger partial charge >= 0.3 is 0 Å². The predicted octanol–water partition coefficient (Wildman–Crippen LogP) is 2.61.